The molecule has 0 bridgehead atoms. The largest absolute Gasteiger partial charge is 0.485 e. The molecule has 2 N–H and O–H groups in total. The third-order valence-electron chi connectivity index (χ3n) is 2.02. The summed E-state index contributed by atoms with van der Waals surface area (Å²) in [6.45, 7) is 0.191. The van der Waals surface area contributed by atoms with Crippen molar-refractivity contribution in [2.45, 2.75) is 0 Å². The molecule has 16 heavy (non-hydrogen) atoms. The number of fused-ring (bicyclic) bond motifs is 1. The van der Waals surface area contributed by atoms with E-state index in [9.17, 15) is 4.57 Å². The van der Waals surface area contributed by atoms with E-state index in [1.165, 1.54) is 0 Å². The van der Waals surface area contributed by atoms with Crippen molar-refractivity contribution in [1.29, 1.82) is 0 Å². The van der Waals surface area contributed by atoms with Crippen LogP contribution < -0.4 is 4.74 Å². The van der Waals surface area contributed by atoms with E-state index in [1.54, 1.807) is 6.08 Å². The second-order valence-electron chi connectivity index (χ2n) is 3.38. The molecule has 0 unspecified atom stereocenters. The molecule has 0 amide bonds. The molecule has 5 nitrogen and oxygen atoms in total. The van der Waals surface area contributed by atoms with Gasteiger partial charge in [-0.25, -0.2) is 0 Å². The first-order chi connectivity index (χ1) is 7.54. The van der Waals surface area contributed by atoms with Gasteiger partial charge in [-0.15, -0.1) is 0 Å². The van der Waals surface area contributed by atoms with Crippen molar-refractivity contribution in [3.8, 4) is 5.75 Å². The average molecular weight is 242 g/mol. The lowest BCUT2D eigenvalue weighted by atomic mass is 10.1. The zero-order valence-electron chi connectivity index (χ0n) is 8.37. The molecule has 1 aromatic rings. The molecular formula is C10H11O5P. The first-order valence-electron chi connectivity index (χ1n) is 4.64. The summed E-state index contributed by atoms with van der Waals surface area (Å²) < 4.78 is 21.0. The molecule has 1 aliphatic heterocycles. The summed E-state index contributed by atoms with van der Waals surface area (Å²) in [6.07, 6.45) is 1.10. The Hall–Kier alpha value is -1.29. The van der Waals surface area contributed by atoms with Gasteiger partial charge in [0.05, 0.1) is 0 Å². The van der Waals surface area contributed by atoms with Crippen LogP contribution in [0.15, 0.2) is 30.0 Å². The molecule has 0 atom stereocenters. The van der Waals surface area contributed by atoms with Crippen LogP contribution in [0.5, 0.6) is 5.75 Å². The van der Waals surface area contributed by atoms with Gasteiger partial charge in [0, 0.05) is 5.56 Å². The van der Waals surface area contributed by atoms with E-state index in [1.807, 2.05) is 24.3 Å². The van der Waals surface area contributed by atoms with E-state index in [4.69, 9.17) is 19.3 Å². The van der Waals surface area contributed by atoms with Crippen LogP contribution in [0.4, 0.5) is 0 Å². The predicted molar refractivity (Wildman–Crippen MR) is 57.9 cm³/mol. The summed E-state index contributed by atoms with van der Waals surface area (Å²) >= 11 is 0. The quantitative estimate of drug-likeness (QED) is 0.787. The highest BCUT2D eigenvalue weighted by atomic mass is 31.2. The maximum Gasteiger partial charge on any atom is 0.362 e. The molecule has 0 radical (unpaired) electrons. The van der Waals surface area contributed by atoms with Gasteiger partial charge in [0.15, 0.2) is 6.35 Å². The topological polar surface area (TPSA) is 76.0 Å². The summed E-state index contributed by atoms with van der Waals surface area (Å²) in [4.78, 5) is 17.3. The molecule has 86 valence electrons. The molecule has 6 heteroatoms. The smallest absolute Gasteiger partial charge is 0.362 e. The minimum Gasteiger partial charge on any atom is -0.485 e. The Morgan fingerprint density at radius 3 is 2.88 bits per heavy atom. The summed E-state index contributed by atoms with van der Waals surface area (Å²) in [6, 6.07) is 7.37. The first-order valence-corrected chi connectivity index (χ1v) is 6.44. The second kappa shape index (κ2) is 4.29. The number of ether oxygens (including phenoxy) is 2. The summed E-state index contributed by atoms with van der Waals surface area (Å²) in [5, 5.41) is 0. The Bertz CT molecular complexity index is 462. The number of benzene rings is 1. The molecule has 1 aromatic carbocycles. The molecule has 0 saturated heterocycles. The first kappa shape index (κ1) is 11.2. The molecule has 0 fully saturated rings. The molecule has 0 aromatic heterocycles. The third-order valence-corrected chi connectivity index (χ3v) is 2.49. The number of para-hydroxylation sites is 1. The lowest BCUT2D eigenvalue weighted by Crippen LogP contribution is -2.10. The van der Waals surface area contributed by atoms with Crippen LogP contribution in [0.1, 0.15) is 5.56 Å². The fourth-order valence-electron chi connectivity index (χ4n) is 1.35. The molecule has 1 aliphatic rings. The van der Waals surface area contributed by atoms with Gasteiger partial charge in [0.1, 0.15) is 18.1 Å². The zero-order valence-corrected chi connectivity index (χ0v) is 9.26. The van der Waals surface area contributed by atoms with E-state index in [0.717, 1.165) is 11.3 Å². The molecular weight excluding hydrogens is 231 g/mol. The van der Waals surface area contributed by atoms with E-state index in [-0.39, 0.29) is 6.61 Å². The van der Waals surface area contributed by atoms with Gasteiger partial charge in [0.2, 0.25) is 0 Å². The van der Waals surface area contributed by atoms with Gasteiger partial charge in [-0.05, 0) is 12.1 Å². The predicted octanol–water partition coefficient (Wildman–Crippen LogP) is 1.57. The van der Waals surface area contributed by atoms with Gasteiger partial charge in [-0.1, -0.05) is 18.2 Å². The highest BCUT2D eigenvalue weighted by Crippen LogP contribution is 2.36. The monoisotopic (exact) mass is 242 g/mol. The number of hydrogen-bond donors (Lipinski definition) is 2. The summed E-state index contributed by atoms with van der Waals surface area (Å²) in [7, 11) is -4.14. The van der Waals surface area contributed by atoms with E-state index >= 15 is 0 Å². The van der Waals surface area contributed by atoms with E-state index < -0.39 is 13.9 Å². The highest BCUT2D eigenvalue weighted by molar-refractivity contribution is 7.51. The van der Waals surface area contributed by atoms with Crippen molar-refractivity contribution in [3.05, 3.63) is 35.6 Å². The van der Waals surface area contributed by atoms with Crippen molar-refractivity contribution in [2.24, 2.45) is 0 Å². The van der Waals surface area contributed by atoms with Gasteiger partial charge >= 0.3 is 7.60 Å². The lowest BCUT2D eigenvalue weighted by Gasteiger charge is -2.18. The molecule has 0 aliphatic carbocycles. The van der Waals surface area contributed by atoms with E-state index in [0.29, 0.717) is 5.76 Å². The van der Waals surface area contributed by atoms with Crippen LogP contribution in [0.2, 0.25) is 0 Å². The standard InChI is InChI=1S/C10H11O5P/c11-16(12,13)7-15-9-5-8-3-1-2-4-10(8)14-6-9/h1-5H,6-7H2,(H2,11,12,13). The normalized spacial score (nSPS) is 14.8. The van der Waals surface area contributed by atoms with Crippen molar-refractivity contribution >= 4 is 13.7 Å². The SMILES string of the molecule is O=P(O)(O)COC1=Cc2ccccc2OC1. The fourth-order valence-corrected chi connectivity index (χ4v) is 1.68. The Morgan fingerprint density at radius 1 is 1.38 bits per heavy atom. The van der Waals surface area contributed by atoms with Gasteiger partial charge in [0.25, 0.3) is 0 Å². The average Bonchev–Trinajstić information content (AvgIpc) is 2.25. The zero-order chi connectivity index (χ0) is 11.6. The maximum atomic E-state index is 10.6. The Kier molecular flexibility index (Phi) is 3.01. The molecule has 2 rings (SSSR count). The third kappa shape index (κ3) is 2.85. The molecule has 1 heterocycles. The molecule has 0 spiro atoms. The highest BCUT2D eigenvalue weighted by Gasteiger charge is 2.17. The van der Waals surface area contributed by atoms with Crippen molar-refractivity contribution in [1.82, 2.24) is 0 Å². The lowest BCUT2D eigenvalue weighted by molar-refractivity contribution is 0.185. The Labute approximate surface area is 92.5 Å². The summed E-state index contributed by atoms with van der Waals surface area (Å²) in [5.74, 6) is 1.16. The molecule has 0 saturated carbocycles. The number of rotatable bonds is 3. The second-order valence-corrected chi connectivity index (χ2v) is 4.96. The minimum atomic E-state index is -4.14. The van der Waals surface area contributed by atoms with Crippen molar-refractivity contribution < 1.29 is 23.8 Å². The van der Waals surface area contributed by atoms with Crippen LogP contribution in [-0.2, 0) is 9.30 Å². The number of hydrogen-bond acceptors (Lipinski definition) is 3. The Balaban J connectivity index is 2.09. The Morgan fingerprint density at radius 2 is 2.12 bits per heavy atom. The van der Waals surface area contributed by atoms with E-state index in [2.05, 4.69) is 0 Å². The van der Waals surface area contributed by atoms with Gasteiger partial charge in [-0.3, -0.25) is 4.57 Å². The van der Waals surface area contributed by atoms with Gasteiger partial charge < -0.3 is 19.3 Å². The van der Waals surface area contributed by atoms with Crippen LogP contribution in [-0.4, -0.2) is 22.7 Å². The van der Waals surface area contributed by atoms with Crippen LogP contribution in [0, 0.1) is 0 Å². The van der Waals surface area contributed by atoms with Crippen LogP contribution >= 0.6 is 7.60 Å². The fraction of sp³-hybridized carbons (Fsp3) is 0.200. The minimum absolute atomic E-state index is 0.191. The van der Waals surface area contributed by atoms with Crippen molar-refractivity contribution in [2.75, 3.05) is 13.0 Å². The maximum absolute atomic E-state index is 10.6. The van der Waals surface area contributed by atoms with Crippen LogP contribution in [0.25, 0.3) is 6.08 Å². The summed E-state index contributed by atoms with van der Waals surface area (Å²) in [5.41, 5.74) is 0.842. The van der Waals surface area contributed by atoms with Gasteiger partial charge in [-0.2, -0.15) is 0 Å². The van der Waals surface area contributed by atoms with Crippen molar-refractivity contribution in [3.63, 3.8) is 0 Å². The van der Waals surface area contributed by atoms with Crippen LogP contribution in [0.3, 0.4) is 0 Å².